The predicted octanol–water partition coefficient (Wildman–Crippen LogP) is 1.21. The summed E-state index contributed by atoms with van der Waals surface area (Å²) in [6, 6.07) is 5.91. The van der Waals surface area contributed by atoms with Crippen molar-refractivity contribution >= 4 is 21.6 Å². The number of likely N-dealkylation sites (tertiary alicyclic amines) is 1. The highest BCUT2D eigenvalue weighted by atomic mass is 79.9. The van der Waals surface area contributed by atoms with Gasteiger partial charge in [0.2, 0.25) is 0 Å². The molecule has 0 saturated carbocycles. The van der Waals surface area contributed by atoms with Gasteiger partial charge in [-0.3, -0.25) is 4.90 Å². The van der Waals surface area contributed by atoms with E-state index in [-0.39, 0.29) is 6.10 Å². The smallest absolute Gasteiger partial charge is 0.0794 e. The third-order valence-electron chi connectivity index (χ3n) is 2.44. The van der Waals surface area contributed by atoms with Crippen LogP contribution in [-0.4, -0.2) is 29.2 Å². The van der Waals surface area contributed by atoms with Gasteiger partial charge < -0.3 is 10.8 Å². The minimum Gasteiger partial charge on any atom is -0.398 e. The lowest BCUT2D eigenvalue weighted by Crippen LogP contribution is -2.49. The Balaban J connectivity index is 2.02. The molecular weight excluding hydrogens is 244 g/mol. The Morgan fingerprint density at radius 2 is 2.21 bits per heavy atom. The predicted molar refractivity (Wildman–Crippen MR) is 59.8 cm³/mol. The van der Waals surface area contributed by atoms with Gasteiger partial charge in [-0.2, -0.15) is 0 Å². The van der Waals surface area contributed by atoms with Crippen molar-refractivity contribution in [1.82, 2.24) is 4.90 Å². The van der Waals surface area contributed by atoms with Crippen molar-refractivity contribution in [1.29, 1.82) is 0 Å². The van der Waals surface area contributed by atoms with Crippen molar-refractivity contribution in [3.05, 3.63) is 28.2 Å². The molecule has 1 aliphatic heterocycles. The number of hydrogen-bond acceptors (Lipinski definition) is 3. The zero-order valence-electron chi connectivity index (χ0n) is 7.78. The Morgan fingerprint density at radius 1 is 1.50 bits per heavy atom. The maximum Gasteiger partial charge on any atom is 0.0794 e. The number of hydrogen-bond donors (Lipinski definition) is 2. The van der Waals surface area contributed by atoms with Crippen LogP contribution in [0, 0.1) is 0 Å². The van der Waals surface area contributed by atoms with Crippen molar-refractivity contribution in [2.24, 2.45) is 0 Å². The summed E-state index contributed by atoms with van der Waals surface area (Å²) in [5.41, 5.74) is 7.80. The molecule has 1 aromatic carbocycles. The van der Waals surface area contributed by atoms with Gasteiger partial charge in [-0.05, 0) is 17.7 Å². The fourth-order valence-electron chi connectivity index (χ4n) is 1.62. The molecule has 0 aliphatic carbocycles. The number of nitrogens with zero attached hydrogens (tertiary/aromatic N) is 1. The van der Waals surface area contributed by atoms with Crippen molar-refractivity contribution in [2.45, 2.75) is 12.6 Å². The highest BCUT2D eigenvalue weighted by Gasteiger charge is 2.24. The highest BCUT2D eigenvalue weighted by Crippen LogP contribution is 2.21. The molecule has 0 radical (unpaired) electrons. The van der Waals surface area contributed by atoms with E-state index in [2.05, 4.69) is 20.8 Å². The molecule has 0 bridgehead atoms. The first kappa shape index (κ1) is 9.96. The Kier molecular flexibility index (Phi) is 2.76. The Bertz CT molecular complexity index is 337. The second kappa shape index (κ2) is 3.88. The Hall–Kier alpha value is -0.580. The molecular formula is C10H13BrN2O. The maximum absolute atomic E-state index is 9.13. The van der Waals surface area contributed by atoms with Crippen molar-refractivity contribution in [3.63, 3.8) is 0 Å². The largest absolute Gasteiger partial charge is 0.398 e. The zero-order chi connectivity index (χ0) is 10.1. The summed E-state index contributed by atoms with van der Waals surface area (Å²) in [5, 5.41) is 9.13. The highest BCUT2D eigenvalue weighted by molar-refractivity contribution is 9.10. The number of benzene rings is 1. The van der Waals surface area contributed by atoms with Crippen LogP contribution in [0.3, 0.4) is 0 Å². The summed E-state index contributed by atoms with van der Waals surface area (Å²) in [5.74, 6) is 0. The molecule has 1 aliphatic rings. The summed E-state index contributed by atoms with van der Waals surface area (Å²) in [6.07, 6.45) is -0.147. The SMILES string of the molecule is Nc1cc(Br)ccc1CN1CC(O)C1. The van der Waals surface area contributed by atoms with Crippen molar-refractivity contribution in [3.8, 4) is 0 Å². The lowest BCUT2D eigenvalue weighted by molar-refractivity contribution is -0.00275. The van der Waals surface area contributed by atoms with Crippen LogP contribution in [0.5, 0.6) is 0 Å². The van der Waals surface area contributed by atoms with E-state index in [9.17, 15) is 0 Å². The lowest BCUT2D eigenvalue weighted by atomic mass is 10.1. The van der Waals surface area contributed by atoms with E-state index in [1.165, 1.54) is 0 Å². The van der Waals surface area contributed by atoms with E-state index in [4.69, 9.17) is 10.8 Å². The van der Waals surface area contributed by atoms with E-state index >= 15 is 0 Å². The monoisotopic (exact) mass is 256 g/mol. The molecule has 0 unspecified atom stereocenters. The minimum atomic E-state index is -0.147. The van der Waals surface area contributed by atoms with E-state index in [0.717, 1.165) is 35.4 Å². The molecule has 2 rings (SSSR count). The third-order valence-corrected chi connectivity index (χ3v) is 2.93. The van der Waals surface area contributed by atoms with Gasteiger partial charge in [0.05, 0.1) is 6.10 Å². The number of β-amino-alcohol motifs (C(OH)–C–C–N with tert-alkyl or cyclic N) is 1. The number of rotatable bonds is 2. The first-order chi connectivity index (χ1) is 6.65. The third kappa shape index (κ3) is 2.08. The lowest BCUT2D eigenvalue weighted by Gasteiger charge is -2.36. The van der Waals surface area contributed by atoms with Crippen LogP contribution in [-0.2, 0) is 6.54 Å². The number of halogens is 1. The summed E-state index contributed by atoms with van der Waals surface area (Å²) in [4.78, 5) is 2.17. The van der Waals surface area contributed by atoms with Crippen molar-refractivity contribution in [2.75, 3.05) is 18.8 Å². The summed E-state index contributed by atoms with van der Waals surface area (Å²) >= 11 is 3.37. The van der Waals surface area contributed by atoms with Crippen LogP contribution in [0.15, 0.2) is 22.7 Å². The van der Waals surface area contributed by atoms with Crippen LogP contribution >= 0.6 is 15.9 Å². The molecule has 76 valence electrons. The Labute approximate surface area is 91.6 Å². The second-order valence-electron chi connectivity index (χ2n) is 3.69. The molecule has 1 fully saturated rings. The van der Waals surface area contributed by atoms with E-state index < -0.39 is 0 Å². The molecule has 1 aromatic rings. The molecule has 3 N–H and O–H groups in total. The van der Waals surface area contributed by atoms with Gasteiger partial charge >= 0.3 is 0 Å². The van der Waals surface area contributed by atoms with Crippen molar-refractivity contribution < 1.29 is 5.11 Å². The van der Waals surface area contributed by atoms with Gasteiger partial charge in [-0.25, -0.2) is 0 Å². The number of aliphatic hydroxyl groups is 1. The van der Waals surface area contributed by atoms with Gasteiger partial charge in [0.15, 0.2) is 0 Å². The van der Waals surface area contributed by atoms with Crippen LogP contribution in [0.25, 0.3) is 0 Å². The van der Waals surface area contributed by atoms with Gasteiger partial charge in [-0.1, -0.05) is 22.0 Å². The molecule has 1 heterocycles. The summed E-state index contributed by atoms with van der Waals surface area (Å²) in [7, 11) is 0. The number of anilines is 1. The first-order valence-corrected chi connectivity index (χ1v) is 5.39. The molecule has 0 atom stereocenters. The van der Waals surface area contributed by atoms with E-state index in [0.29, 0.717) is 0 Å². The quantitative estimate of drug-likeness (QED) is 0.783. The fraction of sp³-hybridized carbons (Fsp3) is 0.400. The van der Waals surface area contributed by atoms with Gasteiger partial charge in [0.1, 0.15) is 0 Å². The van der Waals surface area contributed by atoms with Gasteiger partial charge in [0, 0.05) is 29.8 Å². The van der Waals surface area contributed by atoms with Crippen LogP contribution in [0.1, 0.15) is 5.56 Å². The minimum absolute atomic E-state index is 0.147. The summed E-state index contributed by atoms with van der Waals surface area (Å²) < 4.78 is 1.00. The van der Waals surface area contributed by atoms with Crippen LogP contribution in [0.2, 0.25) is 0 Å². The molecule has 4 heteroatoms. The van der Waals surface area contributed by atoms with E-state index in [1.807, 2.05) is 18.2 Å². The van der Waals surface area contributed by atoms with E-state index in [1.54, 1.807) is 0 Å². The molecule has 0 amide bonds. The molecule has 1 saturated heterocycles. The Morgan fingerprint density at radius 3 is 2.79 bits per heavy atom. The summed E-state index contributed by atoms with van der Waals surface area (Å²) in [6.45, 7) is 2.35. The van der Waals surface area contributed by atoms with Gasteiger partial charge in [0.25, 0.3) is 0 Å². The molecule has 0 spiro atoms. The van der Waals surface area contributed by atoms with Gasteiger partial charge in [-0.15, -0.1) is 0 Å². The fourth-order valence-corrected chi connectivity index (χ4v) is 2.00. The standard InChI is InChI=1S/C10H13BrN2O/c11-8-2-1-7(10(12)3-8)4-13-5-9(14)6-13/h1-3,9,14H,4-6,12H2. The average Bonchev–Trinajstić information content (AvgIpc) is 2.06. The number of nitrogen functional groups attached to an aromatic ring is 1. The first-order valence-electron chi connectivity index (χ1n) is 4.59. The second-order valence-corrected chi connectivity index (χ2v) is 4.61. The number of nitrogens with two attached hydrogens (primary N) is 1. The zero-order valence-corrected chi connectivity index (χ0v) is 9.37. The topological polar surface area (TPSA) is 49.5 Å². The molecule has 14 heavy (non-hydrogen) atoms. The number of aliphatic hydroxyl groups excluding tert-OH is 1. The molecule has 3 nitrogen and oxygen atoms in total. The molecule has 0 aromatic heterocycles. The maximum atomic E-state index is 9.13. The normalized spacial score (nSPS) is 18.1. The van der Waals surface area contributed by atoms with Crippen LogP contribution < -0.4 is 5.73 Å². The average molecular weight is 257 g/mol. The van der Waals surface area contributed by atoms with Crippen LogP contribution in [0.4, 0.5) is 5.69 Å².